The summed E-state index contributed by atoms with van der Waals surface area (Å²) in [6.07, 6.45) is 8.42. The van der Waals surface area contributed by atoms with Crippen molar-refractivity contribution in [2.45, 2.75) is 51.0 Å². The minimum atomic E-state index is -0.958. The van der Waals surface area contributed by atoms with Crippen LogP contribution >= 0.6 is 0 Å². The molecule has 0 unspecified atom stereocenters. The van der Waals surface area contributed by atoms with Gasteiger partial charge in [0.15, 0.2) is 11.6 Å². The molecule has 1 aromatic rings. The zero-order chi connectivity index (χ0) is 15.1. The van der Waals surface area contributed by atoms with E-state index in [0.717, 1.165) is 25.0 Å². The van der Waals surface area contributed by atoms with E-state index in [0.29, 0.717) is 6.04 Å². The fourth-order valence-electron chi connectivity index (χ4n) is 2.68. The summed E-state index contributed by atoms with van der Waals surface area (Å²) in [6.45, 7) is 0.198. The van der Waals surface area contributed by atoms with Crippen LogP contribution in [-0.2, 0) is 4.79 Å². The average Bonchev–Trinajstić information content (AvgIpc) is 2.42. The SMILES string of the molecule is O=C(CNC1CCCCCCC1)Nc1ccc(F)c(F)c1. The van der Waals surface area contributed by atoms with Gasteiger partial charge in [0.25, 0.3) is 0 Å². The van der Waals surface area contributed by atoms with Crippen LogP contribution in [0.15, 0.2) is 18.2 Å². The lowest BCUT2D eigenvalue weighted by Gasteiger charge is -2.20. The Hall–Kier alpha value is -1.49. The van der Waals surface area contributed by atoms with Crippen LogP contribution < -0.4 is 10.6 Å². The largest absolute Gasteiger partial charge is 0.325 e. The van der Waals surface area contributed by atoms with Crippen molar-refractivity contribution in [1.29, 1.82) is 0 Å². The molecule has 1 aromatic carbocycles. The number of amides is 1. The Balaban J connectivity index is 1.77. The zero-order valence-electron chi connectivity index (χ0n) is 12.1. The molecule has 1 aliphatic rings. The second kappa shape index (κ2) is 8.08. The Morgan fingerprint density at radius 1 is 1.05 bits per heavy atom. The van der Waals surface area contributed by atoms with Crippen LogP contribution in [0.1, 0.15) is 44.9 Å². The predicted octanol–water partition coefficient (Wildman–Crippen LogP) is 3.61. The molecule has 21 heavy (non-hydrogen) atoms. The fourth-order valence-corrected chi connectivity index (χ4v) is 2.68. The highest BCUT2D eigenvalue weighted by Gasteiger charge is 2.12. The number of benzene rings is 1. The van der Waals surface area contributed by atoms with Crippen LogP contribution in [0.5, 0.6) is 0 Å². The summed E-state index contributed by atoms with van der Waals surface area (Å²) >= 11 is 0. The standard InChI is InChI=1S/C16H22F2N2O/c17-14-9-8-13(10-15(14)18)20-16(21)11-19-12-6-4-2-1-3-5-7-12/h8-10,12,19H,1-7,11H2,(H,20,21). The van der Waals surface area contributed by atoms with Gasteiger partial charge in [0.05, 0.1) is 6.54 Å². The number of halogens is 2. The van der Waals surface area contributed by atoms with Crippen molar-refractivity contribution >= 4 is 11.6 Å². The molecule has 3 nitrogen and oxygen atoms in total. The maximum Gasteiger partial charge on any atom is 0.238 e. The number of carbonyl (C=O) groups excluding carboxylic acids is 1. The summed E-state index contributed by atoms with van der Waals surface area (Å²) in [4.78, 5) is 11.8. The highest BCUT2D eigenvalue weighted by molar-refractivity contribution is 5.92. The first kappa shape index (κ1) is 15.9. The van der Waals surface area contributed by atoms with Gasteiger partial charge < -0.3 is 10.6 Å². The van der Waals surface area contributed by atoms with E-state index in [1.165, 1.54) is 38.2 Å². The number of nitrogens with one attached hydrogen (secondary N) is 2. The summed E-state index contributed by atoms with van der Waals surface area (Å²) in [7, 11) is 0. The minimum Gasteiger partial charge on any atom is -0.325 e. The van der Waals surface area contributed by atoms with Gasteiger partial charge >= 0.3 is 0 Å². The van der Waals surface area contributed by atoms with Crippen molar-refractivity contribution in [3.8, 4) is 0 Å². The first-order valence-electron chi connectivity index (χ1n) is 7.63. The number of hydrogen-bond donors (Lipinski definition) is 2. The number of hydrogen-bond acceptors (Lipinski definition) is 2. The average molecular weight is 296 g/mol. The second-order valence-electron chi connectivity index (χ2n) is 5.60. The van der Waals surface area contributed by atoms with Crippen molar-refractivity contribution < 1.29 is 13.6 Å². The quantitative estimate of drug-likeness (QED) is 0.891. The first-order chi connectivity index (χ1) is 10.1. The lowest BCUT2D eigenvalue weighted by molar-refractivity contribution is -0.115. The van der Waals surface area contributed by atoms with Gasteiger partial charge in [-0.05, 0) is 25.0 Å². The van der Waals surface area contributed by atoms with Crippen LogP contribution in [0.2, 0.25) is 0 Å². The Kier molecular flexibility index (Phi) is 6.11. The zero-order valence-corrected chi connectivity index (χ0v) is 12.1. The summed E-state index contributed by atoms with van der Waals surface area (Å²) in [5.74, 6) is -2.11. The van der Waals surface area contributed by atoms with E-state index in [9.17, 15) is 13.6 Å². The predicted molar refractivity (Wildman–Crippen MR) is 79.1 cm³/mol. The molecule has 5 heteroatoms. The van der Waals surface area contributed by atoms with Gasteiger partial charge in [-0.15, -0.1) is 0 Å². The van der Waals surface area contributed by atoms with Gasteiger partial charge in [-0.25, -0.2) is 8.78 Å². The van der Waals surface area contributed by atoms with Gasteiger partial charge in [-0.2, -0.15) is 0 Å². The molecule has 0 aliphatic heterocycles. The lowest BCUT2D eigenvalue weighted by Crippen LogP contribution is -2.36. The van der Waals surface area contributed by atoms with E-state index < -0.39 is 11.6 Å². The van der Waals surface area contributed by atoms with Crippen molar-refractivity contribution in [3.63, 3.8) is 0 Å². The normalized spacial score (nSPS) is 17.0. The molecule has 0 heterocycles. The summed E-state index contributed by atoms with van der Waals surface area (Å²) in [5.41, 5.74) is 0.276. The Morgan fingerprint density at radius 2 is 1.71 bits per heavy atom. The molecule has 1 fully saturated rings. The third-order valence-corrected chi connectivity index (χ3v) is 3.86. The summed E-state index contributed by atoms with van der Waals surface area (Å²) < 4.78 is 25.8. The molecule has 0 saturated heterocycles. The smallest absolute Gasteiger partial charge is 0.238 e. The van der Waals surface area contributed by atoms with Gasteiger partial charge in [-0.3, -0.25) is 4.79 Å². The van der Waals surface area contributed by atoms with E-state index >= 15 is 0 Å². The van der Waals surface area contributed by atoms with E-state index in [1.807, 2.05) is 0 Å². The van der Waals surface area contributed by atoms with Crippen LogP contribution in [-0.4, -0.2) is 18.5 Å². The molecule has 0 atom stereocenters. The topological polar surface area (TPSA) is 41.1 Å². The lowest BCUT2D eigenvalue weighted by atomic mass is 9.97. The fraction of sp³-hybridized carbons (Fsp3) is 0.562. The molecule has 0 aromatic heterocycles. The molecule has 116 valence electrons. The maximum atomic E-state index is 13.0. The van der Waals surface area contributed by atoms with Crippen LogP contribution in [0.4, 0.5) is 14.5 Å². The van der Waals surface area contributed by atoms with Crippen LogP contribution in [0.25, 0.3) is 0 Å². The minimum absolute atomic E-state index is 0.198. The van der Waals surface area contributed by atoms with E-state index in [-0.39, 0.29) is 18.1 Å². The van der Waals surface area contributed by atoms with Crippen molar-refractivity contribution in [2.75, 3.05) is 11.9 Å². The molecule has 1 amide bonds. The number of rotatable bonds is 4. The molecule has 0 spiro atoms. The van der Waals surface area contributed by atoms with Gasteiger partial charge in [0.2, 0.25) is 5.91 Å². The van der Waals surface area contributed by atoms with Crippen molar-refractivity contribution in [3.05, 3.63) is 29.8 Å². The van der Waals surface area contributed by atoms with Gasteiger partial charge in [-0.1, -0.05) is 32.1 Å². The third kappa shape index (κ3) is 5.42. The first-order valence-corrected chi connectivity index (χ1v) is 7.63. The monoisotopic (exact) mass is 296 g/mol. The second-order valence-corrected chi connectivity index (χ2v) is 5.60. The molecule has 1 saturated carbocycles. The Labute approximate surface area is 124 Å². The van der Waals surface area contributed by atoms with Gasteiger partial charge in [0.1, 0.15) is 0 Å². The van der Waals surface area contributed by atoms with E-state index in [2.05, 4.69) is 10.6 Å². The summed E-state index contributed by atoms with van der Waals surface area (Å²) in [6, 6.07) is 3.73. The molecule has 2 rings (SSSR count). The molecule has 2 N–H and O–H groups in total. The third-order valence-electron chi connectivity index (χ3n) is 3.86. The highest BCUT2D eigenvalue weighted by atomic mass is 19.2. The molecular formula is C16H22F2N2O. The number of anilines is 1. The molecular weight excluding hydrogens is 274 g/mol. The Bertz CT molecular complexity index is 471. The van der Waals surface area contributed by atoms with E-state index in [4.69, 9.17) is 0 Å². The molecule has 1 aliphatic carbocycles. The summed E-state index contributed by atoms with van der Waals surface area (Å²) in [5, 5.41) is 5.82. The van der Waals surface area contributed by atoms with Gasteiger partial charge in [0, 0.05) is 17.8 Å². The van der Waals surface area contributed by atoms with Crippen molar-refractivity contribution in [2.24, 2.45) is 0 Å². The van der Waals surface area contributed by atoms with Crippen molar-refractivity contribution in [1.82, 2.24) is 5.32 Å². The van der Waals surface area contributed by atoms with Crippen LogP contribution in [0.3, 0.4) is 0 Å². The molecule has 0 bridgehead atoms. The highest BCUT2D eigenvalue weighted by Crippen LogP contribution is 2.17. The Morgan fingerprint density at radius 3 is 2.38 bits per heavy atom. The molecule has 0 radical (unpaired) electrons. The number of carbonyl (C=O) groups is 1. The van der Waals surface area contributed by atoms with E-state index in [1.54, 1.807) is 0 Å². The van der Waals surface area contributed by atoms with Crippen LogP contribution in [0, 0.1) is 11.6 Å². The maximum absolute atomic E-state index is 13.0.